The van der Waals surface area contributed by atoms with Gasteiger partial charge in [-0.2, -0.15) is 5.10 Å². The Labute approximate surface area is 154 Å². The van der Waals surface area contributed by atoms with Gasteiger partial charge in [-0.25, -0.2) is 4.98 Å². The molecule has 0 aliphatic carbocycles. The van der Waals surface area contributed by atoms with Crippen molar-refractivity contribution in [2.75, 3.05) is 20.2 Å². The van der Waals surface area contributed by atoms with Gasteiger partial charge in [0.15, 0.2) is 11.6 Å². The highest BCUT2D eigenvalue weighted by Gasteiger charge is 2.08. The summed E-state index contributed by atoms with van der Waals surface area (Å²) >= 11 is 0. The topological polar surface area (TPSA) is 62.8 Å². The summed E-state index contributed by atoms with van der Waals surface area (Å²) in [6, 6.07) is 16.2. The minimum Gasteiger partial charge on any atom is -0.497 e. The van der Waals surface area contributed by atoms with Crippen molar-refractivity contribution in [1.29, 1.82) is 0 Å². The molecule has 2 aromatic carbocycles. The molecule has 1 aromatic heterocycles. The molecular formula is C19H23ClN4O. The molecule has 0 saturated heterocycles. The lowest BCUT2D eigenvalue weighted by atomic mass is 10.1. The maximum atomic E-state index is 5.18. The molecule has 0 unspecified atom stereocenters. The van der Waals surface area contributed by atoms with Gasteiger partial charge < -0.3 is 10.1 Å². The van der Waals surface area contributed by atoms with Crippen LogP contribution < -0.4 is 10.1 Å². The molecule has 0 bridgehead atoms. The smallest absolute Gasteiger partial charge is 0.181 e. The number of nitrogens with one attached hydrogen (secondary N) is 2. The van der Waals surface area contributed by atoms with Crippen LogP contribution in [0, 0.1) is 0 Å². The normalized spacial score (nSPS) is 10.3. The molecule has 0 saturated carbocycles. The predicted octanol–water partition coefficient (Wildman–Crippen LogP) is 3.72. The highest BCUT2D eigenvalue weighted by atomic mass is 35.5. The molecule has 0 spiro atoms. The van der Waals surface area contributed by atoms with Gasteiger partial charge in [0.25, 0.3) is 0 Å². The lowest BCUT2D eigenvalue weighted by Gasteiger charge is -2.03. The fourth-order valence-corrected chi connectivity index (χ4v) is 2.54. The summed E-state index contributed by atoms with van der Waals surface area (Å²) in [5, 5.41) is 10.7. The second-order valence-corrected chi connectivity index (χ2v) is 5.54. The number of aromatic nitrogens is 3. The van der Waals surface area contributed by atoms with Gasteiger partial charge in [-0.15, -0.1) is 12.4 Å². The van der Waals surface area contributed by atoms with Crippen LogP contribution in [-0.2, 0) is 6.42 Å². The highest BCUT2D eigenvalue weighted by Crippen LogP contribution is 2.22. The quantitative estimate of drug-likeness (QED) is 0.632. The summed E-state index contributed by atoms with van der Waals surface area (Å²) in [4.78, 5) is 4.62. The standard InChI is InChI=1S/C19H22N4O.ClH/c1-3-20-12-11-14-5-4-6-16(13-14)19-21-18(22-23-19)15-7-9-17(24-2)10-8-15;/h4-10,13,20H,3,11-12H2,1-2H3,(H,21,22,23);1H. The third kappa shape index (κ3) is 4.81. The number of methoxy groups -OCH3 is 1. The molecule has 25 heavy (non-hydrogen) atoms. The molecule has 1 heterocycles. The first-order chi connectivity index (χ1) is 11.8. The third-order valence-corrected chi connectivity index (χ3v) is 3.87. The molecule has 6 heteroatoms. The minimum absolute atomic E-state index is 0. The maximum absolute atomic E-state index is 5.18. The summed E-state index contributed by atoms with van der Waals surface area (Å²) < 4.78 is 5.18. The monoisotopic (exact) mass is 358 g/mol. The Morgan fingerprint density at radius 2 is 1.88 bits per heavy atom. The van der Waals surface area contributed by atoms with E-state index >= 15 is 0 Å². The van der Waals surface area contributed by atoms with E-state index in [9.17, 15) is 0 Å². The van der Waals surface area contributed by atoms with Gasteiger partial charge in [-0.1, -0.05) is 25.1 Å². The van der Waals surface area contributed by atoms with Crippen molar-refractivity contribution in [3.8, 4) is 28.5 Å². The van der Waals surface area contributed by atoms with Crippen LogP contribution in [0.4, 0.5) is 0 Å². The van der Waals surface area contributed by atoms with Crippen LogP contribution in [0.3, 0.4) is 0 Å². The van der Waals surface area contributed by atoms with Crippen LogP contribution in [0.1, 0.15) is 12.5 Å². The maximum Gasteiger partial charge on any atom is 0.181 e. The van der Waals surface area contributed by atoms with E-state index in [2.05, 4.69) is 45.6 Å². The second kappa shape index (κ2) is 9.20. The first-order valence-electron chi connectivity index (χ1n) is 8.17. The van der Waals surface area contributed by atoms with Crippen LogP contribution in [0.15, 0.2) is 48.5 Å². The van der Waals surface area contributed by atoms with Crippen molar-refractivity contribution < 1.29 is 4.74 Å². The van der Waals surface area contributed by atoms with Crippen LogP contribution in [0.2, 0.25) is 0 Å². The number of benzene rings is 2. The van der Waals surface area contributed by atoms with E-state index in [1.165, 1.54) is 5.56 Å². The molecule has 5 nitrogen and oxygen atoms in total. The number of H-pyrrole nitrogens is 1. The Kier molecular flexibility index (Phi) is 6.98. The number of aromatic amines is 1. The van der Waals surface area contributed by atoms with Crippen molar-refractivity contribution in [3.05, 3.63) is 54.1 Å². The number of likely N-dealkylation sites (N-methyl/N-ethyl adjacent to an activating group) is 1. The van der Waals surface area contributed by atoms with Crippen molar-refractivity contribution in [2.45, 2.75) is 13.3 Å². The number of ether oxygens (including phenoxy) is 1. The average Bonchev–Trinajstić information content (AvgIpc) is 3.12. The van der Waals surface area contributed by atoms with Crippen LogP contribution >= 0.6 is 12.4 Å². The van der Waals surface area contributed by atoms with E-state index < -0.39 is 0 Å². The van der Waals surface area contributed by atoms with Gasteiger partial charge in [0.05, 0.1) is 7.11 Å². The van der Waals surface area contributed by atoms with E-state index in [0.29, 0.717) is 5.82 Å². The van der Waals surface area contributed by atoms with Crippen LogP contribution in [-0.4, -0.2) is 35.4 Å². The fraction of sp³-hybridized carbons (Fsp3) is 0.263. The number of hydrogen-bond acceptors (Lipinski definition) is 4. The Morgan fingerprint density at radius 1 is 1.08 bits per heavy atom. The van der Waals surface area contributed by atoms with Crippen LogP contribution in [0.25, 0.3) is 22.8 Å². The lowest BCUT2D eigenvalue weighted by Crippen LogP contribution is -2.15. The molecule has 0 atom stereocenters. The van der Waals surface area contributed by atoms with E-state index in [-0.39, 0.29) is 12.4 Å². The minimum atomic E-state index is 0. The SMILES string of the molecule is CCNCCc1cccc(-c2n[nH]c(-c3ccc(OC)cc3)n2)c1.Cl. The zero-order valence-corrected chi connectivity index (χ0v) is 15.3. The van der Waals surface area contributed by atoms with Crippen molar-refractivity contribution >= 4 is 12.4 Å². The first-order valence-corrected chi connectivity index (χ1v) is 8.17. The fourth-order valence-electron chi connectivity index (χ4n) is 2.54. The number of halogens is 1. The highest BCUT2D eigenvalue weighted by molar-refractivity contribution is 5.85. The molecule has 0 aliphatic rings. The Balaban J connectivity index is 0.00000225. The summed E-state index contributed by atoms with van der Waals surface area (Å²) in [6.45, 7) is 4.08. The Hall–Kier alpha value is -2.37. The molecular weight excluding hydrogens is 336 g/mol. The molecule has 0 fully saturated rings. The number of hydrogen-bond donors (Lipinski definition) is 2. The van der Waals surface area contributed by atoms with E-state index in [1.807, 2.05) is 30.3 Å². The molecule has 132 valence electrons. The third-order valence-electron chi connectivity index (χ3n) is 3.87. The lowest BCUT2D eigenvalue weighted by molar-refractivity contribution is 0.415. The number of rotatable bonds is 7. The van der Waals surface area contributed by atoms with Gasteiger partial charge in [-0.05, 0) is 55.4 Å². The molecule has 2 N–H and O–H groups in total. The van der Waals surface area contributed by atoms with E-state index in [0.717, 1.165) is 42.2 Å². The molecule has 3 aromatic rings. The summed E-state index contributed by atoms with van der Waals surface area (Å²) in [5.41, 5.74) is 3.29. The summed E-state index contributed by atoms with van der Waals surface area (Å²) in [6.07, 6.45) is 0.997. The van der Waals surface area contributed by atoms with E-state index in [4.69, 9.17) is 4.74 Å². The molecule has 0 radical (unpaired) electrons. The Morgan fingerprint density at radius 3 is 2.60 bits per heavy atom. The molecule has 0 amide bonds. The average molecular weight is 359 g/mol. The first kappa shape index (κ1) is 19.0. The number of nitrogens with zero attached hydrogens (tertiary/aromatic N) is 2. The predicted molar refractivity (Wildman–Crippen MR) is 103 cm³/mol. The summed E-state index contributed by atoms with van der Waals surface area (Å²) in [7, 11) is 1.66. The summed E-state index contributed by atoms with van der Waals surface area (Å²) in [5.74, 6) is 2.30. The molecule has 0 aliphatic heterocycles. The Bertz CT molecular complexity index is 786. The van der Waals surface area contributed by atoms with Gasteiger partial charge in [0, 0.05) is 11.1 Å². The zero-order chi connectivity index (χ0) is 16.8. The van der Waals surface area contributed by atoms with Crippen molar-refractivity contribution in [1.82, 2.24) is 20.5 Å². The van der Waals surface area contributed by atoms with Gasteiger partial charge in [0.2, 0.25) is 0 Å². The van der Waals surface area contributed by atoms with Gasteiger partial charge in [0.1, 0.15) is 5.75 Å². The second-order valence-electron chi connectivity index (χ2n) is 5.54. The van der Waals surface area contributed by atoms with Gasteiger partial charge in [-0.3, -0.25) is 5.10 Å². The van der Waals surface area contributed by atoms with Crippen LogP contribution in [0.5, 0.6) is 5.75 Å². The van der Waals surface area contributed by atoms with Crippen molar-refractivity contribution in [2.24, 2.45) is 0 Å². The van der Waals surface area contributed by atoms with Crippen molar-refractivity contribution in [3.63, 3.8) is 0 Å². The van der Waals surface area contributed by atoms with Gasteiger partial charge >= 0.3 is 0 Å². The molecule has 3 rings (SSSR count). The largest absolute Gasteiger partial charge is 0.497 e. The zero-order valence-electron chi connectivity index (χ0n) is 14.5. The van der Waals surface area contributed by atoms with E-state index in [1.54, 1.807) is 7.11 Å².